The lowest BCUT2D eigenvalue weighted by Crippen LogP contribution is -2.30. The number of hydrogen-bond donors (Lipinski definition) is 3. The molecule has 0 aromatic carbocycles. The lowest BCUT2D eigenvalue weighted by Gasteiger charge is -2.18. The van der Waals surface area contributed by atoms with Gasteiger partial charge in [-0.2, -0.15) is 0 Å². The van der Waals surface area contributed by atoms with Crippen LogP contribution in [0.5, 0.6) is 0 Å². The van der Waals surface area contributed by atoms with E-state index in [9.17, 15) is 4.79 Å². The van der Waals surface area contributed by atoms with E-state index in [-0.39, 0.29) is 17.8 Å². The van der Waals surface area contributed by atoms with Crippen molar-refractivity contribution in [2.24, 2.45) is 28.3 Å². The average Bonchev–Trinajstić information content (AvgIpc) is 2.21. The summed E-state index contributed by atoms with van der Waals surface area (Å²) >= 11 is 0. The molecule has 0 aliphatic heterocycles. The lowest BCUT2D eigenvalue weighted by atomic mass is 9.90. The van der Waals surface area contributed by atoms with E-state index >= 15 is 0 Å². The van der Waals surface area contributed by atoms with E-state index in [0.717, 1.165) is 19.3 Å². The Morgan fingerprint density at radius 1 is 1.31 bits per heavy atom. The first-order valence-corrected chi connectivity index (χ1v) is 5.76. The number of aliphatic imine (C=N–C) groups is 1. The van der Waals surface area contributed by atoms with E-state index in [1.165, 1.54) is 0 Å². The van der Waals surface area contributed by atoms with Crippen molar-refractivity contribution in [3.05, 3.63) is 0 Å². The van der Waals surface area contributed by atoms with Crippen molar-refractivity contribution in [1.29, 1.82) is 0 Å². The molecule has 1 atom stereocenters. The summed E-state index contributed by atoms with van der Waals surface area (Å²) in [6.07, 6.45) is 2.77. The van der Waals surface area contributed by atoms with Gasteiger partial charge in [0.2, 0.25) is 5.91 Å². The summed E-state index contributed by atoms with van der Waals surface area (Å²) in [4.78, 5) is 15.4. The molecule has 0 aliphatic rings. The monoisotopic (exact) mass is 228 g/mol. The number of amides is 1. The lowest BCUT2D eigenvalue weighted by molar-refractivity contribution is -0.126. The third kappa shape index (κ3) is 6.27. The van der Waals surface area contributed by atoms with Gasteiger partial charge >= 0.3 is 0 Å². The minimum absolute atomic E-state index is 0.0872. The Hall–Kier alpha value is -1.26. The molecule has 5 nitrogen and oxygen atoms in total. The molecule has 94 valence electrons. The predicted octanol–water partition coefficient (Wildman–Crippen LogP) is 0.448. The maximum atomic E-state index is 11.5. The van der Waals surface area contributed by atoms with Gasteiger partial charge in [0.25, 0.3) is 0 Å². The number of hydrogen-bond acceptors (Lipinski definition) is 2. The zero-order valence-electron chi connectivity index (χ0n) is 10.5. The zero-order chi connectivity index (χ0) is 12.6. The molecule has 1 amide bonds. The van der Waals surface area contributed by atoms with Crippen LogP contribution in [0.1, 0.15) is 33.1 Å². The highest BCUT2D eigenvalue weighted by molar-refractivity contribution is 5.78. The second kappa shape index (κ2) is 7.96. The van der Waals surface area contributed by atoms with Crippen molar-refractivity contribution < 1.29 is 4.79 Å². The van der Waals surface area contributed by atoms with Crippen molar-refractivity contribution in [2.45, 2.75) is 33.1 Å². The first-order chi connectivity index (χ1) is 7.49. The molecule has 1 unspecified atom stereocenters. The summed E-state index contributed by atoms with van der Waals surface area (Å²) in [7, 11) is 1.68. The standard InChI is InChI=1S/C11H24N4O/c1-8(2)9(10(16)14-3)6-4-5-7-15-11(12)13/h8-9H,4-7H2,1-3H3,(H,14,16)(H4,12,13,15). The molecule has 0 rings (SSSR count). The van der Waals surface area contributed by atoms with Gasteiger partial charge in [0.15, 0.2) is 5.96 Å². The van der Waals surface area contributed by atoms with Gasteiger partial charge in [-0.25, -0.2) is 0 Å². The highest BCUT2D eigenvalue weighted by Crippen LogP contribution is 2.18. The van der Waals surface area contributed by atoms with E-state index in [0.29, 0.717) is 12.5 Å². The van der Waals surface area contributed by atoms with Crippen LogP contribution in [0.4, 0.5) is 0 Å². The highest BCUT2D eigenvalue weighted by Gasteiger charge is 2.19. The fraction of sp³-hybridized carbons (Fsp3) is 0.818. The first kappa shape index (κ1) is 14.7. The summed E-state index contributed by atoms with van der Waals surface area (Å²) in [5, 5.41) is 2.70. The molecular weight excluding hydrogens is 204 g/mol. The molecular formula is C11H24N4O. The molecule has 0 saturated heterocycles. The normalized spacial score (nSPS) is 12.2. The van der Waals surface area contributed by atoms with E-state index in [4.69, 9.17) is 11.5 Å². The molecule has 16 heavy (non-hydrogen) atoms. The molecule has 0 radical (unpaired) electrons. The summed E-state index contributed by atoms with van der Waals surface area (Å²) in [6.45, 7) is 4.77. The fourth-order valence-electron chi connectivity index (χ4n) is 1.64. The Morgan fingerprint density at radius 2 is 1.94 bits per heavy atom. The first-order valence-electron chi connectivity index (χ1n) is 5.76. The SMILES string of the molecule is CNC(=O)C(CCCCN=C(N)N)C(C)C. The molecule has 0 fully saturated rings. The molecule has 0 aliphatic carbocycles. The fourth-order valence-corrected chi connectivity index (χ4v) is 1.64. The van der Waals surface area contributed by atoms with Crippen LogP contribution in [0.25, 0.3) is 0 Å². The van der Waals surface area contributed by atoms with Gasteiger partial charge in [-0.05, 0) is 18.8 Å². The Morgan fingerprint density at radius 3 is 2.38 bits per heavy atom. The van der Waals surface area contributed by atoms with Crippen molar-refractivity contribution in [2.75, 3.05) is 13.6 Å². The molecule has 0 bridgehead atoms. The number of carbonyl (C=O) groups is 1. The molecule has 0 saturated carbocycles. The van der Waals surface area contributed by atoms with Crippen LogP contribution in [0.2, 0.25) is 0 Å². The number of rotatable bonds is 7. The van der Waals surface area contributed by atoms with Crippen LogP contribution in [-0.4, -0.2) is 25.5 Å². The van der Waals surface area contributed by atoms with Crippen LogP contribution in [0.3, 0.4) is 0 Å². The van der Waals surface area contributed by atoms with Gasteiger partial charge in [-0.15, -0.1) is 0 Å². The van der Waals surface area contributed by atoms with Crippen molar-refractivity contribution in [3.63, 3.8) is 0 Å². The molecule has 5 heteroatoms. The Bertz CT molecular complexity index is 234. The van der Waals surface area contributed by atoms with Gasteiger partial charge in [0.05, 0.1) is 0 Å². The summed E-state index contributed by atoms with van der Waals surface area (Å²) in [5.41, 5.74) is 10.4. The number of guanidine groups is 1. The third-order valence-corrected chi connectivity index (χ3v) is 2.61. The van der Waals surface area contributed by atoms with Gasteiger partial charge in [-0.3, -0.25) is 9.79 Å². The van der Waals surface area contributed by atoms with Crippen molar-refractivity contribution in [1.82, 2.24) is 5.32 Å². The van der Waals surface area contributed by atoms with Gasteiger partial charge < -0.3 is 16.8 Å². The van der Waals surface area contributed by atoms with Crippen LogP contribution >= 0.6 is 0 Å². The van der Waals surface area contributed by atoms with Crippen molar-refractivity contribution >= 4 is 11.9 Å². The minimum Gasteiger partial charge on any atom is -0.370 e. The second-order valence-electron chi connectivity index (χ2n) is 4.27. The minimum atomic E-state index is 0.0872. The number of unbranched alkanes of at least 4 members (excludes halogenated alkanes) is 1. The van der Waals surface area contributed by atoms with Crippen LogP contribution < -0.4 is 16.8 Å². The quantitative estimate of drug-likeness (QED) is 0.335. The molecule has 0 heterocycles. The van der Waals surface area contributed by atoms with E-state index in [2.05, 4.69) is 24.2 Å². The maximum Gasteiger partial charge on any atom is 0.223 e. The summed E-state index contributed by atoms with van der Waals surface area (Å²) < 4.78 is 0. The van der Waals surface area contributed by atoms with Gasteiger partial charge in [0, 0.05) is 19.5 Å². The Kier molecular flexibility index (Phi) is 7.33. The van der Waals surface area contributed by atoms with E-state index < -0.39 is 0 Å². The number of nitrogens with two attached hydrogens (primary N) is 2. The summed E-state index contributed by atoms with van der Waals surface area (Å²) in [6, 6.07) is 0. The molecule has 0 aromatic rings. The smallest absolute Gasteiger partial charge is 0.223 e. The molecule has 0 aromatic heterocycles. The van der Waals surface area contributed by atoms with Crippen LogP contribution in [0, 0.1) is 11.8 Å². The predicted molar refractivity (Wildman–Crippen MR) is 66.9 cm³/mol. The average molecular weight is 228 g/mol. The number of carbonyl (C=O) groups excluding carboxylic acids is 1. The Labute approximate surface area is 97.7 Å². The number of nitrogens with zero attached hydrogens (tertiary/aromatic N) is 1. The second-order valence-corrected chi connectivity index (χ2v) is 4.27. The maximum absolute atomic E-state index is 11.5. The molecule has 0 spiro atoms. The summed E-state index contributed by atoms with van der Waals surface area (Å²) in [5.74, 6) is 0.704. The van der Waals surface area contributed by atoms with Gasteiger partial charge in [0.1, 0.15) is 0 Å². The topological polar surface area (TPSA) is 93.5 Å². The molecule has 5 N–H and O–H groups in total. The number of nitrogens with one attached hydrogen (secondary N) is 1. The largest absolute Gasteiger partial charge is 0.370 e. The van der Waals surface area contributed by atoms with Crippen LogP contribution in [0.15, 0.2) is 4.99 Å². The van der Waals surface area contributed by atoms with Crippen molar-refractivity contribution in [3.8, 4) is 0 Å². The third-order valence-electron chi connectivity index (χ3n) is 2.61. The zero-order valence-corrected chi connectivity index (χ0v) is 10.5. The highest BCUT2D eigenvalue weighted by atomic mass is 16.1. The Balaban J connectivity index is 3.86. The van der Waals surface area contributed by atoms with Gasteiger partial charge in [-0.1, -0.05) is 20.3 Å². The van der Waals surface area contributed by atoms with E-state index in [1.54, 1.807) is 7.05 Å². The van der Waals surface area contributed by atoms with E-state index in [1.807, 2.05) is 0 Å². The van der Waals surface area contributed by atoms with Crippen LogP contribution in [-0.2, 0) is 4.79 Å².